The Bertz CT molecular complexity index is 520. The summed E-state index contributed by atoms with van der Waals surface area (Å²) >= 11 is 0. The van der Waals surface area contributed by atoms with Crippen molar-refractivity contribution in [3.63, 3.8) is 0 Å². The van der Waals surface area contributed by atoms with Crippen LogP contribution in [0.3, 0.4) is 0 Å². The molecule has 1 aromatic carbocycles. The van der Waals surface area contributed by atoms with Crippen LogP contribution in [-0.4, -0.2) is 25.6 Å². The van der Waals surface area contributed by atoms with Crippen LogP contribution in [0, 0.1) is 6.92 Å². The van der Waals surface area contributed by atoms with Gasteiger partial charge in [-0.3, -0.25) is 4.79 Å². The molecule has 0 saturated carbocycles. The Labute approximate surface area is 109 Å². The van der Waals surface area contributed by atoms with Crippen molar-refractivity contribution in [2.75, 3.05) is 18.0 Å². The average molecular weight is 269 g/mol. The topological polar surface area (TPSA) is 20.3 Å². The second kappa shape index (κ2) is 5.07. The van der Waals surface area contributed by atoms with Crippen molar-refractivity contribution >= 4 is 12.0 Å². The number of hydrogen-bond acceptors (Lipinski definition) is 2. The third-order valence-electron chi connectivity index (χ3n) is 3.22. The second-order valence-electron chi connectivity index (χ2n) is 4.60. The lowest BCUT2D eigenvalue weighted by molar-refractivity contribution is -0.0944. The fraction of sp³-hybridized carbons (Fsp3) is 0.357. The van der Waals surface area contributed by atoms with E-state index in [0.29, 0.717) is 11.3 Å². The molecule has 2 nitrogen and oxygen atoms in total. The van der Waals surface area contributed by atoms with Crippen LogP contribution in [0.5, 0.6) is 0 Å². The van der Waals surface area contributed by atoms with Gasteiger partial charge in [0.2, 0.25) is 0 Å². The molecule has 1 heterocycles. The third kappa shape index (κ3) is 2.97. The number of nitrogens with zero attached hydrogens (tertiary/aromatic N) is 1. The summed E-state index contributed by atoms with van der Waals surface area (Å²) in [7, 11) is 0. The van der Waals surface area contributed by atoms with Crippen LogP contribution in [0.25, 0.3) is 0 Å². The standard InChI is InChI=1S/C14H14F3NO/c1-10-2-3-13(11(8-10)9-19)18-6-4-12(5-7-18)14(15,16)17/h2-4,8-9H,5-7H2,1H3. The highest BCUT2D eigenvalue weighted by molar-refractivity contribution is 5.85. The van der Waals surface area contributed by atoms with Gasteiger partial charge in [0.1, 0.15) is 0 Å². The van der Waals surface area contributed by atoms with Crippen LogP contribution >= 0.6 is 0 Å². The predicted molar refractivity (Wildman–Crippen MR) is 67.5 cm³/mol. The monoisotopic (exact) mass is 269 g/mol. The maximum atomic E-state index is 12.5. The summed E-state index contributed by atoms with van der Waals surface area (Å²) < 4.78 is 37.6. The van der Waals surface area contributed by atoms with E-state index in [1.807, 2.05) is 13.0 Å². The highest BCUT2D eigenvalue weighted by atomic mass is 19.4. The molecule has 1 aliphatic heterocycles. The number of anilines is 1. The Morgan fingerprint density at radius 3 is 2.58 bits per heavy atom. The van der Waals surface area contributed by atoms with Gasteiger partial charge in [-0.25, -0.2) is 0 Å². The lowest BCUT2D eigenvalue weighted by Gasteiger charge is -2.30. The number of hydrogen-bond donors (Lipinski definition) is 0. The quantitative estimate of drug-likeness (QED) is 0.605. The van der Waals surface area contributed by atoms with E-state index in [0.717, 1.165) is 11.8 Å². The first-order chi connectivity index (χ1) is 8.91. The zero-order chi connectivity index (χ0) is 14.0. The van der Waals surface area contributed by atoms with Gasteiger partial charge in [0.15, 0.2) is 6.29 Å². The van der Waals surface area contributed by atoms with Crippen LogP contribution in [0.15, 0.2) is 29.8 Å². The predicted octanol–water partition coefficient (Wildman–Crippen LogP) is 3.51. The molecule has 19 heavy (non-hydrogen) atoms. The Morgan fingerprint density at radius 1 is 1.32 bits per heavy atom. The molecule has 0 aliphatic carbocycles. The maximum absolute atomic E-state index is 12.5. The third-order valence-corrected chi connectivity index (χ3v) is 3.22. The van der Waals surface area contributed by atoms with E-state index in [1.165, 1.54) is 6.08 Å². The summed E-state index contributed by atoms with van der Waals surface area (Å²) in [4.78, 5) is 12.8. The minimum absolute atomic E-state index is 0.0460. The molecule has 5 heteroatoms. The van der Waals surface area contributed by atoms with Crippen LogP contribution in [0.1, 0.15) is 22.3 Å². The Kier molecular flexibility index (Phi) is 3.64. The highest BCUT2D eigenvalue weighted by Crippen LogP contribution is 2.32. The molecular formula is C14H14F3NO. The Hall–Kier alpha value is -1.78. The van der Waals surface area contributed by atoms with Gasteiger partial charge in [0, 0.05) is 29.9 Å². The molecule has 0 aromatic heterocycles. The van der Waals surface area contributed by atoms with Gasteiger partial charge in [0.25, 0.3) is 0 Å². The minimum Gasteiger partial charge on any atom is -0.367 e. The zero-order valence-corrected chi connectivity index (χ0v) is 10.5. The van der Waals surface area contributed by atoms with Gasteiger partial charge < -0.3 is 4.90 Å². The molecule has 0 spiro atoms. The van der Waals surface area contributed by atoms with Gasteiger partial charge in [-0.1, -0.05) is 17.7 Å². The van der Waals surface area contributed by atoms with Gasteiger partial charge in [-0.2, -0.15) is 13.2 Å². The van der Waals surface area contributed by atoms with Crippen molar-refractivity contribution in [3.05, 3.63) is 41.0 Å². The zero-order valence-electron chi connectivity index (χ0n) is 10.5. The van der Waals surface area contributed by atoms with E-state index in [-0.39, 0.29) is 19.5 Å². The smallest absolute Gasteiger partial charge is 0.367 e. The highest BCUT2D eigenvalue weighted by Gasteiger charge is 2.34. The summed E-state index contributed by atoms with van der Waals surface area (Å²) in [6.07, 6.45) is -2.36. The molecule has 2 rings (SSSR count). The summed E-state index contributed by atoms with van der Waals surface area (Å²) in [5.41, 5.74) is 1.68. The number of carbonyl (C=O) groups is 1. The van der Waals surface area contributed by atoms with Gasteiger partial charge in [-0.05, 0) is 25.5 Å². The van der Waals surface area contributed by atoms with Crippen LogP contribution < -0.4 is 4.90 Å². The number of carbonyl (C=O) groups excluding carboxylic acids is 1. The molecule has 0 fully saturated rings. The van der Waals surface area contributed by atoms with E-state index < -0.39 is 11.7 Å². The number of rotatable bonds is 2. The van der Waals surface area contributed by atoms with Crippen molar-refractivity contribution in [3.8, 4) is 0 Å². The summed E-state index contributed by atoms with van der Waals surface area (Å²) in [6, 6.07) is 5.38. The maximum Gasteiger partial charge on any atom is 0.412 e. The molecule has 0 saturated heterocycles. The average Bonchev–Trinajstić information content (AvgIpc) is 2.37. The number of aryl methyl sites for hydroxylation is 1. The number of benzene rings is 1. The molecule has 1 aromatic rings. The van der Waals surface area contributed by atoms with Crippen LogP contribution in [0.4, 0.5) is 18.9 Å². The van der Waals surface area contributed by atoms with Crippen LogP contribution in [0.2, 0.25) is 0 Å². The second-order valence-corrected chi connectivity index (χ2v) is 4.60. The molecule has 0 N–H and O–H groups in total. The summed E-state index contributed by atoms with van der Waals surface area (Å²) in [5, 5.41) is 0. The van der Waals surface area contributed by atoms with Crippen molar-refractivity contribution in [1.29, 1.82) is 0 Å². The normalized spacial score (nSPS) is 16.2. The fourth-order valence-electron chi connectivity index (χ4n) is 2.20. The van der Waals surface area contributed by atoms with E-state index in [9.17, 15) is 18.0 Å². The molecular weight excluding hydrogens is 255 g/mol. The first kappa shape index (κ1) is 13.6. The molecule has 0 unspecified atom stereocenters. The van der Waals surface area contributed by atoms with Crippen molar-refractivity contribution in [2.45, 2.75) is 19.5 Å². The summed E-state index contributed by atoms with van der Waals surface area (Å²) in [6.45, 7) is 2.32. The molecule has 0 amide bonds. The van der Waals surface area contributed by atoms with Gasteiger partial charge in [-0.15, -0.1) is 0 Å². The van der Waals surface area contributed by atoms with E-state index in [4.69, 9.17) is 0 Å². The SMILES string of the molecule is Cc1ccc(N2CC=C(C(F)(F)F)CC2)c(C=O)c1. The molecule has 0 radical (unpaired) electrons. The number of aldehydes is 1. The van der Waals surface area contributed by atoms with E-state index >= 15 is 0 Å². The fourth-order valence-corrected chi connectivity index (χ4v) is 2.20. The largest absolute Gasteiger partial charge is 0.412 e. The molecule has 1 aliphatic rings. The van der Waals surface area contributed by atoms with E-state index in [2.05, 4.69) is 0 Å². The Morgan fingerprint density at radius 2 is 2.05 bits per heavy atom. The van der Waals surface area contributed by atoms with Crippen LogP contribution in [-0.2, 0) is 0 Å². The van der Waals surface area contributed by atoms with Crippen molar-refractivity contribution in [2.24, 2.45) is 0 Å². The number of halogens is 3. The molecule has 0 bridgehead atoms. The number of alkyl halides is 3. The van der Waals surface area contributed by atoms with Gasteiger partial charge >= 0.3 is 6.18 Å². The Balaban J connectivity index is 2.23. The molecule has 0 atom stereocenters. The van der Waals surface area contributed by atoms with E-state index in [1.54, 1.807) is 17.0 Å². The first-order valence-electron chi connectivity index (χ1n) is 5.99. The van der Waals surface area contributed by atoms with Gasteiger partial charge in [0.05, 0.1) is 0 Å². The summed E-state index contributed by atoms with van der Waals surface area (Å²) in [5.74, 6) is 0. The lowest BCUT2D eigenvalue weighted by atomic mass is 10.0. The molecule has 102 valence electrons. The van der Waals surface area contributed by atoms with Crippen molar-refractivity contribution < 1.29 is 18.0 Å². The first-order valence-corrected chi connectivity index (χ1v) is 5.99. The van der Waals surface area contributed by atoms with Crippen molar-refractivity contribution in [1.82, 2.24) is 0 Å². The minimum atomic E-state index is -4.24. The lowest BCUT2D eigenvalue weighted by Crippen LogP contribution is -2.32.